The van der Waals surface area contributed by atoms with E-state index in [-0.39, 0.29) is 34.2 Å². The lowest BCUT2D eigenvalue weighted by Gasteiger charge is -2.27. The van der Waals surface area contributed by atoms with Gasteiger partial charge in [0, 0.05) is 23.6 Å². The molecule has 0 spiro atoms. The fraction of sp³-hybridized carbons (Fsp3) is 0.235. The monoisotopic (exact) mass is 382 g/mol. The topological polar surface area (TPSA) is 76.0 Å². The second-order valence-corrected chi connectivity index (χ2v) is 6.01. The van der Waals surface area contributed by atoms with Crippen LogP contribution in [0.4, 0.5) is 23.5 Å². The minimum absolute atomic E-state index is 0.113. The standard InChI is InChI=1S/C17H14F4N4O2/c1-9-15(16(27)24-13-7-22-8-25(13)21)12(6-14(26)23-9)10-2-4-11(5-3-10)17(18,19)20/h2-5,7-8,12H,6H2,1H3,(H,23,26)(H,24,27). The number of nitrogens with one attached hydrogen (secondary N) is 2. The second-order valence-electron chi connectivity index (χ2n) is 6.01. The predicted octanol–water partition coefficient (Wildman–Crippen LogP) is 3.15. The van der Waals surface area contributed by atoms with Gasteiger partial charge < -0.3 is 10.6 Å². The van der Waals surface area contributed by atoms with Crippen LogP contribution in [0, 0.1) is 0 Å². The van der Waals surface area contributed by atoms with Crippen LogP contribution in [0.1, 0.15) is 30.4 Å². The van der Waals surface area contributed by atoms with E-state index >= 15 is 0 Å². The van der Waals surface area contributed by atoms with E-state index in [1.165, 1.54) is 19.1 Å². The summed E-state index contributed by atoms with van der Waals surface area (Å²) >= 11 is 0. The van der Waals surface area contributed by atoms with Crippen LogP contribution in [0.15, 0.2) is 48.1 Å². The second kappa shape index (κ2) is 6.86. The Bertz CT molecular complexity index is 916. The van der Waals surface area contributed by atoms with Crippen molar-refractivity contribution >= 4 is 17.6 Å². The molecule has 1 aromatic carbocycles. The molecule has 1 aliphatic heterocycles. The highest BCUT2D eigenvalue weighted by atomic mass is 19.4. The Morgan fingerprint density at radius 3 is 2.52 bits per heavy atom. The molecule has 10 heteroatoms. The van der Waals surface area contributed by atoms with E-state index in [4.69, 9.17) is 0 Å². The fourth-order valence-electron chi connectivity index (χ4n) is 2.94. The lowest BCUT2D eigenvalue weighted by molar-refractivity contribution is -0.137. The van der Waals surface area contributed by atoms with E-state index in [0.717, 1.165) is 24.7 Å². The number of carbonyl (C=O) groups excluding carboxylic acids is 2. The normalized spacial score (nSPS) is 17.7. The number of alkyl halides is 3. The lowest BCUT2D eigenvalue weighted by atomic mass is 9.83. The van der Waals surface area contributed by atoms with Gasteiger partial charge in [0.1, 0.15) is 6.33 Å². The molecule has 1 aliphatic rings. The molecule has 1 aromatic heterocycles. The van der Waals surface area contributed by atoms with Crippen molar-refractivity contribution in [2.24, 2.45) is 0 Å². The highest BCUT2D eigenvalue weighted by Crippen LogP contribution is 2.35. The zero-order valence-corrected chi connectivity index (χ0v) is 14.0. The van der Waals surface area contributed by atoms with E-state index in [1.807, 2.05) is 0 Å². The molecule has 0 aliphatic carbocycles. The largest absolute Gasteiger partial charge is 0.416 e. The number of rotatable bonds is 3. The molecule has 0 saturated carbocycles. The minimum Gasteiger partial charge on any atom is -0.330 e. The molecule has 2 aromatic rings. The molecule has 142 valence electrons. The number of imidazole rings is 1. The van der Waals surface area contributed by atoms with E-state index in [1.54, 1.807) is 0 Å². The molecule has 1 atom stereocenters. The summed E-state index contributed by atoms with van der Waals surface area (Å²) in [6.07, 6.45) is -2.66. The Hall–Kier alpha value is -3.17. The summed E-state index contributed by atoms with van der Waals surface area (Å²) in [5.41, 5.74) is -0.0789. The Labute approximate surface area is 150 Å². The van der Waals surface area contributed by atoms with Crippen molar-refractivity contribution in [3.8, 4) is 0 Å². The third kappa shape index (κ3) is 3.83. The summed E-state index contributed by atoms with van der Waals surface area (Å²) < 4.78 is 51.7. The number of hydrogen-bond donors (Lipinski definition) is 2. The van der Waals surface area contributed by atoms with Crippen molar-refractivity contribution in [1.29, 1.82) is 0 Å². The van der Waals surface area contributed by atoms with Gasteiger partial charge in [-0.3, -0.25) is 9.59 Å². The van der Waals surface area contributed by atoms with Crippen LogP contribution in [0.5, 0.6) is 0 Å². The van der Waals surface area contributed by atoms with Crippen molar-refractivity contribution in [2.45, 2.75) is 25.4 Å². The molecule has 2 amide bonds. The first-order valence-electron chi connectivity index (χ1n) is 7.84. The maximum atomic E-state index is 13.5. The molecule has 1 unspecified atom stereocenters. The van der Waals surface area contributed by atoms with E-state index in [9.17, 15) is 27.2 Å². The average Bonchev–Trinajstić information content (AvgIpc) is 2.98. The number of halogens is 4. The zero-order chi connectivity index (χ0) is 19.8. The van der Waals surface area contributed by atoms with Gasteiger partial charge in [0.25, 0.3) is 5.91 Å². The molecule has 3 rings (SSSR count). The first kappa shape index (κ1) is 18.6. The highest BCUT2D eigenvalue weighted by molar-refractivity contribution is 6.06. The van der Waals surface area contributed by atoms with Crippen LogP contribution in [0.3, 0.4) is 0 Å². The summed E-state index contributed by atoms with van der Waals surface area (Å²) in [5.74, 6) is -2.03. The van der Waals surface area contributed by atoms with Gasteiger partial charge in [0.05, 0.1) is 11.8 Å². The maximum absolute atomic E-state index is 13.5. The Balaban J connectivity index is 1.94. The third-order valence-electron chi connectivity index (χ3n) is 4.19. The number of benzene rings is 1. The molecule has 2 heterocycles. The Kier molecular flexibility index (Phi) is 4.73. The van der Waals surface area contributed by atoms with Gasteiger partial charge in [0.15, 0.2) is 5.82 Å². The molecule has 27 heavy (non-hydrogen) atoms. The van der Waals surface area contributed by atoms with Gasteiger partial charge in [-0.1, -0.05) is 16.6 Å². The van der Waals surface area contributed by atoms with Crippen LogP contribution in [0.2, 0.25) is 0 Å². The van der Waals surface area contributed by atoms with Crippen LogP contribution < -0.4 is 10.6 Å². The molecule has 0 saturated heterocycles. The quantitative estimate of drug-likeness (QED) is 0.801. The molecule has 6 nitrogen and oxygen atoms in total. The first-order chi connectivity index (χ1) is 12.7. The lowest BCUT2D eigenvalue weighted by Crippen LogP contribution is -2.35. The predicted molar refractivity (Wildman–Crippen MR) is 87.0 cm³/mol. The summed E-state index contributed by atoms with van der Waals surface area (Å²) in [6, 6.07) is 4.24. The number of nitrogens with zero attached hydrogens (tertiary/aromatic N) is 2. The van der Waals surface area contributed by atoms with E-state index < -0.39 is 23.6 Å². The molecule has 0 bridgehead atoms. The van der Waals surface area contributed by atoms with Gasteiger partial charge in [-0.25, -0.2) is 4.98 Å². The van der Waals surface area contributed by atoms with Gasteiger partial charge in [0.2, 0.25) is 5.91 Å². The molecule has 0 fully saturated rings. The van der Waals surface area contributed by atoms with Gasteiger partial charge >= 0.3 is 6.18 Å². The average molecular weight is 382 g/mol. The van der Waals surface area contributed by atoms with Gasteiger partial charge in [-0.15, -0.1) is 0 Å². The summed E-state index contributed by atoms with van der Waals surface area (Å²) in [4.78, 5) is 28.2. The third-order valence-corrected chi connectivity index (χ3v) is 4.19. The smallest absolute Gasteiger partial charge is 0.330 e. The maximum Gasteiger partial charge on any atom is 0.416 e. The van der Waals surface area contributed by atoms with Gasteiger partial charge in [-0.05, 0) is 24.6 Å². The number of aromatic nitrogens is 2. The zero-order valence-electron chi connectivity index (χ0n) is 14.0. The number of amides is 2. The first-order valence-corrected chi connectivity index (χ1v) is 7.84. The highest BCUT2D eigenvalue weighted by Gasteiger charge is 2.34. The fourth-order valence-corrected chi connectivity index (χ4v) is 2.94. The van der Waals surface area contributed by atoms with Crippen molar-refractivity contribution in [2.75, 3.05) is 5.32 Å². The van der Waals surface area contributed by atoms with Crippen molar-refractivity contribution in [1.82, 2.24) is 15.1 Å². The molecule has 2 N–H and O–H groups in total. The number of anilines is 1. The van der Waals surface area contributed by atoms with Crippen molar-refractivity contribution in [3.63, 3.8) is 0 Å². The molecular weight excluding hydrogens is 368 g/mol. The summed E-state index contributed by atoms with van der Waals surface area (Å²) in [6.45, 7) is 1.50. The van der Waals surface area contributed by atoms with Crippen molar-refractivity contribution in [3.05, 3.63) is 59.2 Å². The minimum atomic E-state index is -4.49. The Morgan fingerprint density at radius 1 is 1.30 bits per heavy atom. The van der Waals surface area contributed by atoms with E-state index in [2.05, 4.69) is 15.6 Å². The number of hydrogen-bond acceptors (Lipinski definition) is 3. The number of carbonyl (C=O) groups is 2. The molecular formula is C17H14F4N4O2. The van der Waals surface area contributed by atoms with Crippen LogP contribution >= 0.6 is 0 Å². The van der Waals surface area contributed by atoms with Crippen LogP contribution in [-0.2, 0) is 15.8 Å². The van der Waals surface area contributed by atoms with E-state index in [0.29, 0.717) is 5.56 Å². The molecule has 0 radical (unpaired) electrons. The van der Waals surface area contributed by atoms with Crippen LogP contribution in [-0.4, -0.2) is 21.6 Å². The van der Waals surface area contributed by atoms with Crippen molar-refractivity contribution < 1.29 is 27.2 Å². The summed E-state index contributed by atoms with van der Waals surface area (Å²) in [5, 5.41) is 4.86. The van der Waals surface area contributed by atoms with Crippen LogP contribution in [0.25, 0.3) is 0 Å². The summed E-state index contributed by atoms with van der Waals surface area (Å²) in [7, 11) is 0. The van der Waals surface area contributed by atoms with Gasteiger partial charge in [-0.2, -0.15) is 18.0 Å². The number of allylic oxidation sites excluding steroid dienone is 1. The Morgan fingerprint density at radius 2 is 1.96 bits per heavy atom. The SMILES string of the molecule is CC1=C(C(=O)Nc2cncn2F)C(c2ccc(C(F)(F)F)cc2)CC(=O)N1.